The summed E-state index contributed by atoms with van der Waals surface area (Å²) in [5, 5.41) is 7.21. The van der Waals surface area contributed by atoms with E-state index in [1.54, 1.807) is 24.4 Å². The second kappa shape index (κ2) is 7.63. The molecular formula is C19H20FN7O. The van der Waals surface area contributed by atoms with Crippen molar-refractivity contribution >= 4 is 23.4 Å². The van der Waals surface area contributed by atoms with E-state index in [1.165, 1.54) is 24.5 Å². The molecule has 1 aliphatic heterocycles. The zero-order valence-electron chi connectivity index (χ0n) is 15.1. The van der Waals surface area contributed by atoms with Crippen LogP contribution in [0.2, 0.25) is 0 Å². The molecule has 9 heteroatoms. The molecule has 3 aromatic rings. The van der Waals surface area contributed by atoms with Gasteiger partial charge >= 0.3 is 0 Å². The fourth-order valence-corrected chi connectivity index (χ4v) is 3.40. The van der Waals surface area contributed by atoms with Crippen LogP contribution in [0.4, 0.5) is 21.8 Å². The van der Waals surface area contributed by atoms with Crippen LogP contribution >= 0.6 is 0 Å². The Morgan fingerprint density at radius 3 is 2.75 bits per heavy atom. The first-order valence-corrected chi connectivity index (χ1v) is 9.03. The van der Waals surface area contributed by atoms with E-state index in [1.807, 2.05) is 4.68 Å². The van der Waals surface area contributed by atoms with Gasteiger partial charge in [-0.3, -0.25) is 4.79 Å². The van der Waals surface area contributed by atoms with E-state index >= 15 is 0 Å². The maximum Gasteiger partial charge on any atom is 0.256 e. The number of hydrogen-bond acceptors (Lipinski definition) is 6. The van der Waals surface area contributed by atoms with Crippen LogP contribution in [0.5, 0.6) is 0 Å². The van der Waals surface area contributed by atoms with Crippen LogP contribution in [-0.4, -0.2) is 38.7 Å². The molecule has 0 aliphatic carbocycles. The van der Waals surface area contributed by atoms with Crippen LogP contribution < -0.4 is 16.0 Å². The first-order valence-electron chi connectivity index (χ1n) is 9.03. The molecule has 0 bridgehead atoms. The molecule has 0 unspecified atom stereocenters. The van der Waals surface area contributed by atoms with Crippen LogP contribution in [-0.2, 0) is 0 Å². The fraction of sp³-hybridized carbons (Fsp3) is 0.263. The van der Waals surface area contributed by atoms with Gasteiger partial charge in [-0.05, 0) is 31.0 Å². The number of hydrogen-bond donors (Lipinski definition) is 2. The molecule has 3 N–H and O–H groups in total. The maximum atomic E-state index is 13.4. The lowest BCUT2D eigenvalue weighted by Crippen LogP contribution is -2.36. The summed E-state index contributed by atoms with van der Waals surface area (Å²) in [6.45, 7) is 1.58. The molecule has 0 saturated carbocycles. The molecule has 2 aromatic heterocycles. The SMILES string of the molecule is Nc1cc(N2CCC(n3nccc3NC(=O)c3cccc(F)c3)CC2)ncn1. The Morgan fingerprint density at radius 2 is 2.00 bits per heavy atom. The topological polar surface area (TPSA) is 102 Å². The van der Waals surface area contributed by atoms with E-state index in [9.17, 15) is 9.18 Å². The predicted octanol–water partition coefficient (Wildman–Crippen LogP) is 2.49. The molecule has 0 spiro atoms. The lowest BCUT2D eigenvalue weighted by atomic mass is 10.1. The number of amides is 1. The van der Waals surface area contributed by atoms with E-state index in [4.69, 9.17) is 5.73 Å². The molecule has 0 radical (unpaired) electrons. The summed E-state index contributed by atoms with van der Waals surface area (Å²) < 4.78 is 15.2. The van der Waals surface area contributed by atoms with Crippen molar-refractivity contribution in [3.05, 3.63) is 60.3 Å². The molecule has 1 amide bonds. The molecule has 144 valence electrons. The van der Waals surface area contributed by atoms with E-state index in [0.29, 0.717) is 11.6 Å². The Kier molecular flexibility index (Phi) is 4.88. The van der Waals surface area contributed by atoms with Crippen molar-refractivity contribution in [3.8, 4) is 0 Å². The van der Waals surface area contributed by atoms with Crippen LogP contribution in [0.1, 0.15) is 29.2 Å². The van der Waals surface area contributed by atoms with Crippen molar-refractivity contribution in [3.63, 3.8) is 0 Å². The Balaban J connectivity index is 1.43. The summed E-state index contributed by atoms with van der Waals surface area (Å²) in [7, 11) is 0. The number of nitrogens with two attached hydrogens (primary N) is 1. The second-order valence-corrected chi connectivity index (χ2v) is 6.64. The van der Waals surface area contributed by atoms with Gasteiger partial charge in [-0.2, -0.15) is 5.10 Å². The molecular weight excluding hydrogens is 361 g/mol. The lowest BCUT2D eigenvalue weighted by molar-refractivity contribution is 0.102. The number of aromatic nitrogens is 4. The quantitative estimate of drug-likeness (QED) is 0.720. The van der Waals surface area contributed by atoms with Crippen molar-refractivity contribution in [2.24, 2.45) is 0 Å². The molecule has 3 heterocycles. The number of nitrogens with zero attached hydrogens (tertiary/aromatic N) is 5. The fourth-order valence-electron chi connectivity index (χ4n) is 3.40. The highest BCUT2D eigenvalue weighted by atomic mass is 19.1. The van der Waals surface area contributed by atoms with Crippen molar-refractivity contribution in [2.75, 3.05) is 29.0 Å². The minimum atomic E-state index is -0.445. The van der Waals surface area contributed by atoms with Gasteiger partial charge in [0.25, 0.3) is 5.91 Å². The number of nitrogen functional groups attached to an aromatic ring is 1. The van der Waals surface area contributed by atoms with Gasteiger partial charge in [-0.25, -0.2) is 19.0 Å². The Morgan fingerprint density at radius 1 is 1.18 bits per heavy atom. The number of nitrogens with one attached hydrogen (secondary N) is 1. The number of benzene rings is 1. The van der Waals surface area contributed by atoms with Gasteiger partial charge < -0.3 is 16.0 Å². The molecule has 1 aromatic carbocycles. The lowest BCUT2D eigenvalue weighted by Gasteiger charge is -2.33. The van der Waals surface area contributed by atoms with Gasteiger partial charge in [-0.15, -0.1) is 0 Å². The first-order chi connectivity index (χ1) is 13.6. The largest absolute Gasteiger partial charge is 0.384 e. The molecule has 1 aliphatic rings. The number of rotatable bonds is 4. The average Bonchev–Trinajstić information content (AvgIpc) is 3.16. The summed E-state index contributed by atoms with van der Waals surface area (Å²) in [5.74, 6) is 1.04. The summed E-state index contributed by atoms with van der Waals surface area (Å²) in [6.07, 6.45) is 4.80. The number of piperidine rings is 1. The van der Waals surface area contributed by atoms with Crippen LogP contribution in [0.3, 0.4) is 0 Å². The van der Waals surface area contributed by atoms with Gasteiger partial charge in [0, 0.05) is 30.8 Å². The van der Waals surface area contributed by atoms with Gasteiger partial charge in [0.1, 0.15) is 29.6 Å². The average molecular weight is 381 g/mol. The van der Waals surface area contributed by atoms with Gasteiger partial charge in [0.05, 0.1) is 12.2 Å². The zero-order valence-corrected chi connectivity index (χ0v) is 15.1. The molecule has 1 fully saturated rings. The molecule has 1 saturated heterocycles. The molecule has 28 heavy (non-hydrogen) atoms. The van der Waals surface area contributed by atoms with E-state index < -0.39 is 5.82 Å². The molecule has 0 atom stereocenters. The third-order valence-electron chi connectivity index (χ3n) is 4.81. The smallest absolute Gasteiger partial charge is 0.256 e. The van der Waals surface area contributed by atoms with Crippen molar-refractivity contribution in [1.82, 2.24) is 19.7 Å². The Hall–Kier alpha value is -3.49. The summed E-state index contributed by atoms with van der Waals surface area (Å²) >= 11 is 0. The molecule has 4 rings (SSSR count). The number of carbonyl (C=O) groups is 1. The first kappa shape index (κ1) is 17.9. The van der Waals surface area contributed by atoms with E-state index in [-0.39, 0.29) is 17.5 Å². The Labute approximate surface area is 161 Å². The number of anilines is 3. The van der Waals surface area contributed by atoms with E-state index in [2.05, 4.69) is 25.3 Å². The van der Waals surface area contributed by atoms with Crippen molar-refractivity contribution in [1.29, 1.82) is 0 Å². The Bertz CT molecular complexity index is 982. The van der Waals surface area contributed by atoms with Crippen molar-refractivity contribution in [2.45, 2.75) is 18.9 Å². The van der Waals surface area contributed by atoms with Crippen LogP contribution in [0, 0.1) is 5.82 Å². The predicted molar refractivity (Wildman–Crippen MR) is 104 cm³/mol. The summed E-state index contributed by atoms with van der Waals surface area (Å²) in [6, 6.07) is 9.26. The van der Waals surface area contributed by atoms with E-state index in [0.717, 1.165) is 31.7 Å². The van der Waals surface area contributed by atoms with Gasteiger partial charge in [0.2, 0.25) is 0 Å². The van der Waals surface area contributed by atoms with Crippen molar-refractivity contribution < 1.29 is 9.18 Å². The standard InChI is InChI=1S/C19H20FN7O/c20-14-3-1-2-13(10-14)19(28)25-17-4-7-24-27(17)15-5-8-26(9-6-15)18-11-16(21)22-12-23-18/h1-4,7,10-12,15H,5-6,8-9H2,(H,25,28)(H2,21,22,23). The highest BCUT2D eigenvalue weighted by molar-refractivity contribution is 6.03. The summed E-state index contributed by atoms with van der Waals surface area (Å²) in [4.78, 5) is 22.8. The minimum absolute atomic E-state index is 0.147. The van der Waals surface area contributed by atoms with Gasteiger partial charge in [-0.1, -0.05) is 6.07 Å². The number of carbonyl (C=O) groups excluding carboxylic acids is 1. The monoisotopic (exact) mass is 381 g/mol. The van der Waals surface area contributed by atoms with Gasteiger partial charge in [0.15, 0.2) is 0 Å². The minimum Gasteiger partial charge on any atom is -0.384 e. The third-order valence-corrected chi connectivity index (χ3v) is 4.81. The normalized spacial score (nSPS) is 14.8. The maximum absolute atomic E-state index is 13.4. The zero-order chi connectivity index (χ0) is 19.5. The highest BCUT2D eigenvalue weighted by Crippen LogP contribution is 2.28. The highest BCUT2D eigenvalue weighted by Gasteiger charge is 2.24. The van der Waals surface area contributed by atoms with Crippen LogP contribution in [0.15, 0.2) is 48.9 Å². The summed E-state index contributed by atoms with van der Waals surface area (Å²) in [5.41, 5.74) is 6.01. The third kappa shape index (κ3) is 3.78. The molecule has 8 nitrogen and oxygen atoms in total. The number of halogens is 1. The van der Waals surface area contributed by atoms with Crippen LogP contribution in [0.25, 0.3) is 0 Å². The second-order valence-electron chi connectivity index (χ2n) is 6.64.